The van der Waals surface area contributed by atoms with Crippen LogP contribution in [0.2, 0.25) is 0 Å². The minimum absolute atomic E-state index is 0.277. The highest BCUT2D eigenvalue weighted by Gasteiger charge is 2.59. The molecule has 2 aliphatic carbocycles. The number of guanidine groups is 1. The van der Waals surface area contributed by atoms with E-state index in [1.807, 2.05) is 18.2 Å². The summed E-state index contributed by atoms with van der Waals surface area (Å²) in [5.74, 6) is 1.92. The molecule has 2 fully saturated rings. The van der Waals surface area contributed by atoms with Gasteiger partial charge in [-0.15, -0.1) is 0 Å². The zero-order valence-electron chi connectivity index (χ0n) is 15.4. The number of hydrogen-bond donors (Lipinski definition) is 2. The predicted molar refractivity (Wildman–Crippen MR) is 98.1 cm³/mol. The fraction of sp³-hybridized carbons (Fsp3) is 0.632. The Morgan fingerprint density at radius 3 is 2.64 bits per heavy atom. The lowest BCUT2D eigenvalue weighted by molar-refractivity contribution is -0.168. The van der Waals surface area contributed by atoms with Gasteiger partial charge in [-0.25, -0.2) is 4.99 Å². The van der Waals surface area contributed by atoms with E-state index < -0.39 is 0 Å². The van der Waals surface area contributed by atoms with E-state index in [-0.39, 0.29) is 5.41 Å². The summed E-state index contributed by atoms with van der Waals surface area (Å²) >= 11 is 0. The zero-order valence-corrected chi connectivity index (χ0v) is 15.4. The summed E-state index contributed by atoms with van der Waals surface area (Å²) in [5, 5.41) is 3.41. The van der Waals surface area contributed by atoms with Gasteiger partial charge in [0, 0.05) is 18.1 Å². The molecule has 0 amide bonds. The van der Waals surface area contributed by atoms with Crippen molar-refractivity contribution in [1.29, 1.82) is 0 Å². The van der Waals surface area contributed by atoms with Crippen LogP contribution in [0.1, 0.15) is 38.2 Å². The summed E-state index contributed by atoms with van der Waals surface area (Å²) in [6.07, 6.45) is 5.11. The van der Waals surface area contributed by atoms with Crippen LogP contribution < -0.4 is 20.5 Å². The van der Waals surface area contributed by atoms with Gasteiger partial charge < -0.3 is 25.3 Å². The molecule has 0 radical (unpaired) electrons. The van der Waals surface area contributed by atoms with Crippen LogP contribution in [-0.4, -0.2) is 38.9 Å². The molecule has 6 heteroatoms. The van der Waals surface area contributed by atoms with Crippen LogP contribution >= 0.6 is 0 Å². The molecule has 138 valence electrons. The van der Waals surface area contributed by atoms with Crippen LogP contribution in [0.4, 0.5) is 0 Å². The first-order chi connectivity index (χ1) is 12.1. The van der Waals surface area contributed by atoms with E-state index in [1.165, 1.54) is 19.3 Å². The van der Waals surface area contributed by atoms with Gasteiger partial charge in [-0.3, -0.25) is 0 Å². The third kappa shape index (κ3) is 3.40. The van der Waals surface area contributed by atoms with Crippen molar-refractivity contribution in [3.63, 3.8) is 0 Å². The third-order valence-electron chi connectivity index (χ3n) is 5.64. The van der Waals surface area contributed by atoms with Crippen molar-refractivity contribution in [1.82, 2.24) is 5.32 Å². The third-order valence-corrected chi connectivity index (χ3v) is 5.64. The first-order valence-electron chi connectivity index (χ1n) is 9.02. The van der Waals surface area contributed by atoms with Gasteiger partial charge >= 0.3 is 0 Å². The summed E-state index contributed by atoms with van der Waals surface area (Å²) in [4.78, 5) is 4.49. The van der Waals surface area contributed by atoms with E-state index in [2.05, 4.69) is 17.2 Å². The molecular formula is C19H29N3O3. The molecule has 6 nitrogen and oxygen atoms in total. The van der Waals surface area contributed by atoms with Gasteiger partial charge in [-0.2, -0.15) is 0 Å². The second-order valence-corrected chi connectivity index (χ2v) is 6.85. The lowest BCUT2D eigenvalue weighted by atomic mass is 9.51. The molecule has 1 spiro atoms. The highest BCUT2D eigenvalue weighted by atomic mass is 16.5. The number of benzene rings is 1. The predicted octanol–water partition coefficient (Wildman–Crippen LogP) is 2.46. The van der Waals surface area contributed by atoms with Crippen LogP contribution in [0.5, 0.6) is 11.5 Å². The Hall–Kier alpha value is -1.95. The van der Waals surface area contributed by atoms with Gasteiger partial charge in [-0.05, 0) is 43.9 Å². The van der Waals surface area contributed by atoms with Crippen molar-refractivity contribution in [3.8, 4) is 11.5 Å². The molecule has 1 aromatic carbocycles. The van der Waals surface area contributed by atoms with E-state index in [4.69, 9.17) is 19.9 Å². The van der Waals surface area contributed by atoms with Crippen molar-refractivity contribution in [3.05, 3.63) is 23.8 Å². The molecular weight excluding hydrogens is 318 g/mol. The lowest BCUT2D eigenvalue weighted by Gasteiger charge is -2.61. The smallest absolute Gasteiger partial charge is 0.189 e. The van der Waals surface area contributed by atoms with Crippen LogP contribution in [0.3, 0.4) is 0 Å². The van der Waals surface area contributed by atoms with Crippen LogP contribution in [0, 0.1) is 5.41 Å². The second-order valence-electron chi connectivity index (χ2n) is 6.85. The van der Waals surface area contributed by atoms with E-state index >= 15 is 0 Å². The van der Waals surface area contributed by atoms with Crippen molar-refractivity contribution in [2.45, 2.75) is 51.3 Å². The van der Waals surface area contributed by atoms with E-state index in [0.717, 1.165) is 18.6 Å². The molecule has 25 heavy (non-hydrogen) atoms. The number of aliphatic imine (C=N–C) groups is 1. The summed E-state index contributed by atoms with van der Waals surface area (Å²) in [5.41, 5.74) is 7.43. The van der Waals surface area contributed by atoms with Crippen molar-refractivity contribution >= 4 is 5.96 Å². The molecule has 2 unspecified atom stereocenters. The Morgan fingerprint density at radius 1 is 1.28 bits per heavy atom. The normalized spacial score (nSPS) is 24.4. The quantitative estimate of drug-likeness (QED) is 0.585. The summed E-state index contributed by atoms with van der Waals surface area (Å²) in [6.45, 7) is 3.35. The first-order valence-corrected chi connectivity index (χ1v) is 9.02. The monoisotopic (exact) mass is 347 g/mol. The number of nitrogens with two attached hydrogens (primary N) is 1. The molecule has 3 N–H and O–H groups in total. The van der Waals surface area contributed by atoms with Gasteiger partial charge in [0.1, 0.15) is 0 Å². The minimum atomic E-state index is 0.277. The van der Waals surface area contributed by atoms with Gasteiger partial charge in [0.2, 0.25) is 0 Å². The van der Waals surface area contributed by atoms with Gasteiger partial charge in [0.05, 0.1) is 26.9 Å². The summed E-state index contributed by atoms with van der Waals surface area (Å²) in [6, 6.07) is 6.17. The molecule has 2 aliphatic rings. The number of nitrogens with one attached hydrogen (secondary N) is 1. The average molecular weight is 347 g/mol. The van der Waals surface area contributed by atoms with Crippen molar-refractivity contribution in [2.75, 3.05) is 20.8 Å². The molecule has 0 aromatic heterocycles. The molecule has 0 bridgehead atoms. The molecule has 0 saturated heterocycles. The summed E-state index contributed by atoms with van der Waals surface area (Å²) in [7, 11) is 3.26. The highest BCUT2D eigenvalue weighted by molar-refractivity contribution is 5.78. The summed E-state index contributed by atoms with van der Waals surface area (Å²) < 4.78 is 16.5. The Bertz CT molecular complexity index is 628. The molecule has 1 aromatic rings. The number of hydrogen-bond acceptors (Lipinski definition) is 4. The highest BCUT2D eigenvalue weighted by Crippen LogP contribution is 2.57. The van der Waals surface area contributed by atoms with Crippen LogP contribution in [0.25, 0.3) is 0 Å². The average Bonchev–Trinajstić information content (AvgIpc) is 2.57. The molecule has 0 heterocycles. The van der Waals surface area contributed by atoms with Crippen molar-refractivity contribution in [2.24, 2.45) is 16.1 Å². The molecule has 2 saturated carbocycles. The minimum Gasteiger partial charge on any atom is -0.493 e. The Kier molecular flexibility index (Phi) is 5.37. The largest absolute Gasteiger partial charge is 0.493 e. The second kappa shape index (κ2) is 7.52. The van der Waals surface area contributed by atoms with Gasteiger partial charge in [0.25, 0.3) is 0 Å². The zero-order chi connectivity index (χ0) is 17.9. The Balaban J connectivity index is 1.58. The molecule has 3 rings (SSSR count). The Morgan fingerprint density at radius 2 is 2.04 bits per heavy atom. The fourth-order valence-corrected chi connectivity index (χ4v) is 4.02. The van der Waals surface area contributed by atoms with E-state index in [9.17, 15) is 0 Å². The van der Waals surface area contributed by atoms with Crippen LogP contribution in [-0.2, 0) is 11.3 Å². The fourth-order valence-electron chi connectivity index (χ4n) is 4.02. The number of ether oxygens (including phenoxy) is 3. The topological polar surface area (TPSA) is 78.1 Å². The first kappa shape index (κ1) is 17.9. The number of methoxy groups -OCH3 is 2. The van der Waals surface area contributed by atoms with E-state index in [0.29, 0.717) is 36.1 Å². The molecule has 2 atom stereocenters. The standard InChI is InChI=1S/C19H29N3O3/c1-4-25-17-11-16(19(17)8-5-9-19)22-18(20)21-12-13-6-7-14(23-2)15(10-13)24-3/h6-7,10,16-17H,4-5,8-9,11-12H2,1-3H3,(H3,20,21,22). The van der Waals surface area contributed by atoms with Crippen molar-refractivity contribution < 1.29 is 14.2 Å². The Labute approximate surface area is 149 Å². The van der Waals surface area contributed by atoms with Gasteiger partial charge in [0.15, 0.2) is 17.5 Å². The number of rotatable bonds is 7. The lowest BCUT2D eigenvalue weighted by Crippen LogP contribution is -2.68. The molecule has 0 aliphatic heterocycles. The number of nitrogens with zero attached hydrogens (tertiary/aromatic N) is 1. The maximum atomic E-state index is 6.12. The maximum Gasteiger partial charge on any atom is 0.189 e. The van der Waals surface area contributed by atoms with Crippen LogP contribution in [0.15, 0.2) is 23.2 Å². The van der Waals surface area contributed by atoms with E-state index in [1.54, 1.807) is 14.2 Å². The SMILES string of the molecule is CCOC1CC(NC(N)=NCc2ccc(OC)c(OC)c2)C12CCC2. The van der Waals surface area contributed by atoms with Gasteiger partial charge in [-0.1, -0.05) is 12.5 Å². The maximum absolute atomic E-state index is 6.12.